The predicted molar refractivity (Wildman–Crippen MR) is 89.8 cm³/mol. The summed E-state index contributed by atoms with van der Waals surface area (Å²) >= 11 is 0. The summed E-state index contributed by atoms with van der Waals surface area (Å²) in [5, 5.41) is 2.45. The molecule has 1 amide bonds. The second kappa shape index (κ2) is 7.80. The second-order valence-electron chi connectivity index (χ2n) is 5.04. The molecule has 2 rings (SSSR count). The number of amides is 1. The molecule has 0 heterocycles. The van der Waals surface area contributed by atoms with Crippen LogP contribution in [0.1, 0.15) is 15.9 Å². The van der Waals surface area contributed by atoms with Gasteiger partial charge in [-0.15, -0.1) is 0 Å². The monoisotopic (exact) mass is 363 g/mol. The number of hydrogen-bond donors (Lipinski definition) is 1. The van der Waals surface area contributed by atoms with Crippen molar-refractivity contribution in [1.29, 1.82) is 0 Å². The Balaban J connectivity index is 2.12. The maximum atomic E-state index is 12.3. The lowest BCUT2D eigenvalue weighted by Crippen LogP contribution is -2.18. The Morgan fingerprint density at radius 3 is 2.12 bits per heavy atom. The van der Waals surface area contributed by atoms with E-state index in [1.165, 1.54) is 50.6 Å². The maximum Gasteiger partial charge on any atom is 0.339 e. The predicted octanol–water partition coefficient (Wildman–Crippen LogP) is 1.53. The number of methoxy groups -OCH3 is 1. The molecule has 2 aromatic rings. The minimum Gasteiger partial charge on any atom is -0.469 e. The van der Waals surface area contributed by atoms with Gasteiger partial charge in [-0.3, -0.25) is 9.59 Å². The van der Waals surface area contributed by atoms with E-state index in [0.29, 0.717) is 11.1 Å². The van der Waals surface area contributed by atoms with Crippen molar-refractivity contribution in [3.63, 3.8) is 0 Å². The van der Waals surface area contributed by atoms with Crippen molar-refractivity contribution in [2.45, 2.75) is 11.3 Å². The summed E-state index contributed by atoms with van der Waals surface area (Å²) in [4.78, 5) is 22.6. The van der Waals surface area contributed by atoms with E-state index in [2.05, 4.69) is 10.1 Å². The molecule has 1 N–H and O–H groups in total. The normalized spacial score (nSPS) is 10.8. The van der Waals surface area contributed by atoms with Crippen LogP contribution < -0.4 is 9.50 Å². The highest BCUT2D eigenvalue weighted by Gasteiger charge is 2.17. The quantitative estimate of drug-likeness (QED) is 0.617. The zero-order valence-corrected chi connectivity index (χ0v) is 14.5. The molecule has 0 aromatic heterocycles. The third-order valence-corrected chi connectivity index (χ3v) is 4.60. The molecule has 0 bridgehead atoms. The summed E-state index contributed by atoms with van der Waals surface area (Å²) in [5.41, 5.74) is 1.01. The lowest BCUT2D eigenvalue weighted by atomic mass is 10.1. The number of carbonyl (C=O) groups excluding carboxylic acids is 2. The number of nitrogens with one attached hydrogen (secondary N) is 1. The molecule has 0 fully saturated rings. The SMILES string of the molecule is CNC(=O)c1ccc(S(=O)(=O)Oc2ccc(CC(=O)OC)cc2)cc1. The van der Waals surface area contributed by atoms with Gasteiger partial charge in [0.25, 0.3) is 5.91 Å². The molecular formula is C17H17NO6S. The third kappa shape index (κ3) is 4.80. The number of benzene rings is 2. The second-order valence-corrected chi connectivity index (χ2v) is 6.58. The van der Waals surface area contributed by atoms with E-state index in [4.69, 9.17) is 4.18 Å². The molecule has 0 atom stereocenters. The minimum absolute atomic E-state index is 0.0706. The van der Waals surface area contributed by atoms with E-state index in [9.17, 15) is 18.0 Å². The third-order valence-electron chi connectivity index (χ3n) is 3.34. The van der Waals surface area contributed by atoms with Gasteiger partial charge in [-0.05, 0) is 42.0 Å². The Labute approximate surface area is 145 Å². The lowest BCUT2D eigenvalue weighted by Gasteiger charge is -2.08. The van der Waals surface area contributed by atoms with Gasteiger partial charge in [0.15, 0.2) is 0 Å². The van der Waals surface area contributed by atoms with Crippen LogP contribution in [0, 0.1) is 0 Å². The highest BCUT2D eigenvalue weighted by atomic mass is 32.2. The molecule has 0 saturated carbocycles. The first-order valence-corrected chi connectivity index (χ1v) is 8.69. The summed E-state index contributed by atoms with van der Waals surface area (Å²) in [7, 11) is -1.25. The van der Waals surface area contributed by atoms with E-state index in [1.807, 2.05) is 0 Å². The van der Waals surface area contributed by atoms with Crippen molar-refractivity contribution in [3.8, 4) is 5.75 Å². The van der Waals surface area contributed by atoms with Gasteiger partial charge < -0.3 is 14.2 Å². The van der Waals surface area contributed by atoms with Crippen LogP contribution in [-0.4, -0.2) is 34.5 Å². The molecule has 0 aliphatic rings. The molecule has 0 saturated heterocycles. The van der Waals surface area contributed by atoms with Crippen LogP contribution >= 0.6 is 0 Å². The summed E-state index contributed by atoms with van der Waals surface area (Å²) in [5.74, 6) is -0.590. The molecule has 0 spiro atoms. The summed E-state index contributed by atoms with van der Waals surface area (Å²) in [6.07, 6.45) is 0.0878. The summed E-state index contributed by atoms with van der Waals surface area (Å²) in [6, 6.07) is 11.5. The van der Waals surface area contributed by atoms with Gasteiger partial charge in [-0.2, -0.15) is 8.42 Å². The number of ether oxygens (including phenoxy) is 1. The van der Waals surface area contributed by atoms with Crippen molar-refractivity contribution in [1.82, 2.24) is 5.32 Å². The van der Waals surface area contributed by atoms with E-state index in [0.717, 1.165) is 0 Å². The highest BCUT2D eigenvalue weighted by Crippen LogP contribution is 2.20. The van der Waals surface area contributed by atoms with Gasteiger partial charge in [0.05, 0.1) is 13.5 Å². The number of hydrogen-bond acceptors (Lipinski definition) is 6. The first-order chi connectivity index (χ1) is 11.9. The van der Waals surface area contributed by atoms with Crippen LogP contribution in [0.2, 0.25) is 0 Å². The number of rotatable bonds is 6. The van der Waals surface area contributed by atoms with Crippen LogP contribution in [0.25, 0.3) is 0 Å². The zero-order valence-electron chi connectivity index (χ0n) is 13.7. The molecule has 2 aromatic carbocycles. The Morgan fingerprint density at radius 1 is 1.00 bits per heavy atom. The molecule has 25 heavy (non-hydrogen) atoms. The molecule has 0 unspecified atom stereocenters. The van der Waals surface area contributed by atoms with Gasteiger partial charge in [-0.1, -0.05) is 12.1 Å². The Hall–Kier alpha value is -2.87. The maximum absolute atomic E-state index is 12.3. The first kappa shape index (κ1) is 18.5. The largest absolute Gasteiger partial charge is 0.469 e. The molecule has 132 valence electrons. The zero-order chi connectivity index (χ0) is 18.4. The van der Waals surface area contributed by atoms with Crippen LogP contribution in [0.5, 0.6) is 5.75 Å². The van der Waals surface area contributed by atoms with Gasteiger partial charge >= 0.3 is 16.1 Å². The highest BCUT2D eigenvalue weighted by molar-refractivity contribution is 7.87. The molecule has 8 heteroatoms. The van der Waals surface area contributed by atoms with Crippen molar-refractivity contribution >= 4 is 22.0 Å². The molecule has 0 radical (unpaired) electrons. The van der Waals surface area contributed by atoms with Crippen LogP contribution in [0.4, 0.5) is 0 Å². The summed E-state index contributed by atoms with van der Waals surface area (Å²) in [6.45, 7) is 0. The molecular weight excluding hydrogens is 346 g/mol. The Morgan fingerprint density at radius 2 is 1.60 bits per heavy atom. The lowest BCUT2D eigenvalue weighted by molar-refractivity contribution is -0.139. The Kier molecular flexibility index (Phi) is 5.76. The van der Waals surface area contributed by atoms with Crippen LogP contribution in [0.15, 0.2) is 53.4 Å². The van der Waals surface area contributed by atoms with Gasteiger partial charge in [-0.25, -0.2) is 0 Å². The van der Waals surface area contributed by atoms with Crippen molar-refractivity contribution in [2.75, 3.05) is 14.2 Å². The van der Waals surface area contributed by atoms with Crippen molar-refractivity contribution < 1.29 is 26.9 Å². The number of esters is 1. The van der Waals surface area contributed by atoms with Gasteiger partial charge in [0.2, 0.25) is 0 Å². The molecule has 0 aliphatic heterocycles. The summed E-state index contributed by atoms with van der Waals surface area (Å²) < 4.78 is 34.1. The smallest absolute Gasteiger partial charge is 0.339 e. The average molecular weight is 363 g/mol. The minimum atomic E-state index is -4.03. The molecule has 7 nitrogen and oxygen atoms in total. The van der Waals surface area contributed by atoms with E-state index in [1.54, 1.807) is 12.1 Å². The Bertz CT molecular complexity index is 857. The van der Waals surface area contributed by atoms with E-state index >= 15 is 0 Å². The fourth-order valence-corrected chi connectivity index (χ4v) is 2.92. The van der Waals surface area contributed by atoms with E-state index in [-0.39, 0.29) is 23.0 Å². The standard InChI is InChI=1S/C17H17NO6S/c1-18-17(20)13-5-9-15(10-6-13)25(21,22)24-14-7-3-12(4-8-14)11-16(19)23-2/h3-10H,11H2,1-2H3,(H,18,20). The van der Waals surface area contributed by atoms with Crippen molar-refractivity contribution in [3.05, 3.63) is 59.7 Å². The first-order valence-electron chi connectivity index (χ1n) is 7.28. The average Bonchev–Trinajstić information content (AvgIpc) is 2.62. The fourth-order valence-electron chi connectivity index (χ4n) is 1.99. The molecule has 0 aliphatic carbocycles. The van der Waals surface area contributed by atoms with Crippen LogP contribution in [0.3, 0.4) is 0 Å². The fraction of sp³-hybridized carbons (Fsp3) is 0.176. The van der Waals surface area contributed by atoms with Gasteiger partial charge in [0, 0.05) is 12.6 Å². The van der Waals surface area contributed by atoms with Crippen LogP contribution in [-0.2, 0) is 26.1 Å². The van der Waals surface area contributed by atoms with Gasteiger partial charge in [0.1, 0.15) is 10.6 Å². The van der Waals surface area contributed by atoms with E-state index < -0.39 is 16.1 Å². The topological polar surface area (TPSA) is 98.8 Å². The number of carbonyl (C=O) groups is 2. The van der Waals surface area contributed by atoms with Crippen molar-refractivity contribution in [2.24, 2.45) is 0 Å².